The van der Waals surface area contributed by atoms with E-state index in [1.807, 2.05) is 18.2 Å². The molecular formula is C16H17BrCl2NO-. The quantitative estimate of drug-likeness (QED) is 0.755. The van der Waals surface area contributed by atoms with Crippen LogP contribution in [0.4, 0.5) is 0 Å². The number of halogens is 3. The molecule has 0 spiro atoms. The lowest BCUT2D eigenvalue weighted by molar-refractivity contribution is -0.00000419. The van der Waals surface area contributed by atoms with Crippen LogP contribution in [0.5, 0.6) is 5.75 Å². The van der Waals surface area contributed by atoms with Gasteiger partial charge in [-0.3, -0.25) is 0 Å². The first-order valence-corrected chi connectivity index (χ1v) is 7.63. The fourth-order valence-electron chi connectivity index (χ4n) is 1.94. The van der Waals surface area contributed by atoms with E-state index < -0.39 is 0 Å². The molecule has 0 aliphatic carbocycles. The molecule has 21 heavy (non-hydrogen) atoms. The minimum absolute atomic E-state index is 0. The fourth-order valence-corrected chi connectivity index (χ4v) is 2.65. The van der Waals surface area contributed by atoms with Crippen molar-refractivity contribution in [3.63, 3.8) is 0 Å². The van der Waals surface area contributed by atoms with Gasteiger partial charge in [-0.2, -0.15) is 0 Å². The Morgan fingerprint density at radius 2 is 1.76 bits per heavy atom. The number of benzene rings is 2. The predicted molar refractivity (Wildman–Crippen MR) is 87.6 cm³/mol. The lowest BCUT2D eigenvalue weighted by atomic mass is 10.1. The van der Waals surface area contributed by atoms with Gasteiger partial charge in [0.2, 0.25) is 0 Å². The fraction of sp³-hybridized carbons (Fsp3) is 0.250. The first kappa shape index (κ1) is 18.3. The summed E-state index contributed by atoms with van der Waals surface area (Å²) in [7, 11) is 1.67. The second-order valence-electron chi connectivity index (χ2n) is 4.52. The van der Waals surface area contributed by atoms with E-state index in [1.54, 1.807) is 7.11 Å². The monoisotopic (exact) mass is 388 g/mol. The van der Waals surface area contributed by atoms with E-state index >= 15 is 0 Å². The van der Waals surface area contributed by atoms with Crippen LogP contribution in [0.2, 0.25) is 5.02 Å². The topological polar surface area (TPSA) is 21.3 Å². The molecule has 5 heteroatoms. The summed E-state index contributed by atoms with van der Waals surface area (Å²) in [6.07, 6.45) is 0.995. The van der Waals surface area contributed by atoms with Crippen molar-refractivity contribution < 1.29 is 17.1 Å². The number of ether oxygens (including phenoxy) is 1. The van der Waals surface area contributed by atoms with Crippen LogP contribution in [0, 0.1) is 0 Å². The van der Waals surface area contributed by atoms with Crippen LogP contribution in [-0.4, -0.2) is 13.7 Å². The predicted octanol–water partition coefficient (Wildman–Crippen LogP) is 1.45. The number of rotatable bonds is 6. The van der Waals surface area contributed by atoms with Crippen molar-refractivity contribution in [1.29, 1.82) is 0 Å². The summed E-state index contributed by atoms with van der Waals surface area (Å²) in [6.45, 7) is 1.78. The molecule has 0 fully saturated rings. The number of hydrogen-bond acceptors (Lipinski definition) is 2. The van der Waals surface area contributed by atoms with E-state index in [2.05, 4.69) is 45.5 Å². The normalized spacial score (nSPS) is 10.0. The molecule has 0 amide bonds. The highest BCUT2D eigenvalue weighted by molar-refractivity contribution is 9.10. The summed E-state index contributed by atoms with van der Waals surface area (Å²) in [5, 5.41) is 4.22. The Bertz CT molecular complexity index is 561. The highest BCUT2D eigenvalue weighted by atomic mass is 79.9. The zero-order chi connectivity index (χ0) is 14.4. The molecule has 2 aromatic rings. The highest BCUT2D eigenvalue weighted by Gasteiger charge is 2.01. The summed E-state index contributed by atoms with van der Waals surface area (Å²) in [5.74, 6) is 0.856. The Balaban J connectivity index is 0.00000220. The molecule has 2 nitrogen and oxygen atoms in total. The Labute approximate surface area is 145 Å². The van der Waals surface area contributed by atoms with E-state index in [0.717, 1.165) is 34.8 Å². The Morgan fingerprint density at radius 1 is 1.10 bits per heavy atom. The highest BCUT2D eigenvalue weighted by Crippen LogP contribution is 2.25. The maximum absolute atomic E-state index is 5.86. The van der Waals surface area contributed by atoms with Crippen LogP contribution in [0.3, 0.4) is 0 Å². The lowest BCUT2D eigenvalue weighted by Gasteiger charge is -2.08. The Morgan fingerprint density at radius 3 is 2.38 bits per heavy atom. The van der Waals surface area contributed by atoms with Crippen LogP contribution in [0.15, 0.2) is 46.9 Å². The second kappa shape index (κ2) is 9.31. The van der Waals surface area contributed by atoms with Gasteiger partial charge in [-0.05, 0) is 64.3 Å². The summed E-state index contributed by atoms with van der Waals surface area (Å²) < 4.78 is 6.20. The van der Waals surface area contributed by atoms with E-state index in [-0.39, 0.29) is 12.4 Å². The first-order chi connectivity index (χ1) is 9.69. The molecule has 114 valence electrons. The maximum Gasteiger partial charge on any atom is 0.133 e. The smallest absolute Gasteiger partial charge is 0.133 e. The van der Waals surface area contributed by atoms with Crippen molar-refractivity contribution in [2.24, 2.45) is 0 Å². The van der Waals surface area contributed by atoms with Gasteiger partial charge in [0, 0.05) is 11.6 Å². The van der Waals surface area contributed by atoms with Gasteiger partial charge >= 0.3 is 0 Å². The van der Waals surface area contributed by atoms with Crippen LogP contribution in [0.25, 0.3) is 0 Å². The van der Waals surface area contributed by atoms with E-state index in [9.17, 15) is 0 Å². The lowest BCUT2D eigenvalue weighted by Crippen LogP contribution is -3.00. The first-order valence-electron chi connectivity index (χ1n) is 6.46. The average molecular weight is 390 g/mol. The van der Waals surface area contributed by atoms with Gasteiger partial charge in [0.1, 0.15) is 5.75 Å². The molecule has 0 aromatic heterocycles. The third-order valence-electron chi connectivity index (χ3n) is 3.05. The van der Waals surface area contributed by atoms with Gasteiger partial charge in [0.05, 0.1) is 11.6 Å². The molecule has 1 N–H and O–H groups in total. The second-order valence-corrected chi connectivity index (χ2v) is 5.81. The third kappa shape index (κ3) is 5.87. The van der Waals surface area contributed by atoms with Crippen LogP contribution in [-0.2, 0) is 13.0 Å². The Kier molecular flexibility index (Phi) is 8.12. The zero-order valence-electron chi connectivity index (χ0n) is 11.7. The molecule has 0 saturated carbocycles. The van der Waals surface area contributed by atoms with Gasteiger partial charge in [0.25, 0.3) is 0 Å². The minimum Gasteiger partial charge on any atom is -1.00 e. The largest absolute Gasteiger partial charge is 1.00 e. The van der Waals surface area contributed by atoms with Crippen molar-refractivity contribution in [2.45, 2.75) is 13.0 Å². The van der Waals surface area contributed by atoms with Gasteiger partial charge in [-0.15, -0.1) is 0 Å². The van der Waals surface area contributed by atoms with Crippen LogP contribution >= 0.6 is 27.5 Å². The van der Waals surface area contributed by atoms with Gasteiger partial charge in [-0.25, -0.2) is 0 Å². The van der Waals surface area contributed by atoms with Crippen molar-refractivity contribution in [1.82, 2.24) is 5.32 Å². The van der Waals surface area contributed by atoms with Gasteiger partial charge in [0.15, 0.2) is 0 Å². The SMILES string of the molecule is COc1ccc(CNCCc2ccc(Cl)cc2)cc1Br.[Cl-]. The number of nitrogens with one attached hydrogen (secondary N) is 1. The van der Waals surface area contributed by atoms with Crippen LogP contribution in [0.1, 0.15) is 11.1 Å². The Hall–Kier alpha value is -0.740. The van der Waals surface area contributed by atoms with Crippen molar-refractivity contribution in [3.05, 3.63) is 63.1 Å². The van der Waals surface area contributed by atoms with E-state index in [0.29, 0.717) is 0 Å². The molecule has 0 aliphatic rings. The standard InChI is InChI=1S/C16H17BrClNO.ClH/c1-20-16-7-4-13(10-15(16)17)11-19-9-8-12-2-5-14(18)6-3-12;/h2-7,10,19H,8-9,11H2,1H3;1H/p-1. The molecule has 2 aromatic carbocycles. The van der Waals surface area contributed by atoms with Crippen LogP contribution < -0.4 is 22.5 Å². The summed E-state index contributed by atoms with van der Waals surface area (Å²) in [6, 6.07) is 14.1. The molecule has 0 radical (unpaired) electrons. The molecule has 0 saturated heterocycles. The average Bonchev–Trinajstić information content (AvgIpc) is 2.46. The minimum atomic E-state index is 0. The van der Waals surface area contributed by atoms with E-state index in [4.69, 9.17) is 16.3 Å². The number of hydrogen-bond donors (Lipinski definition) is 1. The molecule has 0 unspecified atom stereocenters. The molecule has 0 aliphatic heterocycles. The van der Waals surface area contributed by atoms with E-state index in [1.165, 1.54) is 11.1 Å². The molecule has 0 atom stereocenters. The van der Waals surface area contributed by atoms with Crippen molar-refractivity contribution in [2.75, 3.05) is 13.7 Å². The molecule has 2 rings (SSSR count). The zero-order valence-corrected chi connectivity index (χ0v) is 14.8. The third-order valence-corrected chi connectivity index (χ3v) is 3.92. The summed E-state index contributed by atoms with van der Waals surface area (Å²) >= 11 is 9.36. The summed E-state index contributed by atoms with van der Waals surface area (Å²) in [4.78, 5) is 0. The molecule has 0 bridgehead atoms. The van der Waals surface area contributed by atoms with Crippen molar-refractivity contribution in [3.8, 4) is 5.75 Å². The maximum atomic E-state index is 5.86. The van der Waals surface area contributed by atoms with Gasteiger partial charge in [-0.1, -0.05) is 29.8 Å². The molecular weight excluding hydrogens is 373 g/mol. The number of methoxy groups -OCH3 is 1. The van der Waals surface area contributed by atoms with Gasteiger partial charge < -0.3 is 22.5 Å². The molecule has 0 heterocycles. The summed E-state index contributed by atoms with van der Waals surface area (Å²) in [5.41, 5.74) is 2.52. The van der Waals surface area contributed by atoms with Crippen molar-refractivity contribution >= 4 is 27.5 Å².